The van der Waals surface area contributed by atoms with Crippen LogP contribution in [0.2, 0.25) is 0 Å². The predicted molar refractivity (Wildman–Crippen MR) is 50.1 cm³/mol. The van der Waals surface area contributed by atoms with Crippen LogP contribution >= 0.6 is 0 Å². The lowest BCUT2D eigenvalue weighted by molar-refractivity contribution is 0.605. The summed E-state index contributed by atoms with van der Waals surface area (Å²) < 4.78 is 13.6. The highest BCUT2D eigenvalue weighted by Crippen LogP contribution is 2.24. The van der Waals surface area contributed by atoms with Crippen LogP contribution in [0.15, 0.2) is 18.3 Å². The SMILES string of the molecule is CC(C)c1[nH]c2ncccc2c1F. The maximum atomic E-state index is 13.6. The maximum absolute atomic E-state index is 13.6. The summed E-state index contributed by atoms with van der Waals surface area (Å²) in [5, 5.41) is 0.575. The van der Waals surface area contributed by atoms with Crippen LogP contribution in [-0.2, 0) is 0 Å². The number of nitrogens with one attached hydrogen (secondary N) is 1. The molecule has 0 amide bonds. The summed E-state index contributed by atoms with van der Waals surface area (Å²) in [6.45, 7) is 3.90. The molecule has 0 bridgehead atoms. The fraction of sp³-hybridized carbons (Fsp3) is 0.300. The summed E-state index contributed by atoms with van der Waals surface area (Å²) in [4.78, 5) is 7.03. The minimum Gasteiger partial charge on any atom is -0.340 e. The molecule has 0 aromatic carbocycles. The number of aromatic amines is 1. The van der Waals surface area contributed by atoms with E-state index >= 15 is 0 Å². The maximum Gasteiger partial charge on any atom is 0.153 e. The van der Waals surface area contributed by atoms with E-state index in [-0.39, 0.29) is 11.7 Å². The standard InChI is InChI=1S/C10H11FN2/c1-6(2)9-8(11)7-4-3-5-12-10(7)13-9/h3-6H,1-2H3,(H,12,13). The van der Waals surface area contributed by atoms with Crippen LogP contribution in [0.1, 0.15) is 25.5 Å². The molecular formula is C10H11FN2. The third kappa shape index (κ3) is 1.20. The van der Waals surface area contributed by atoms with Gasteiger partial charge in [-0.25, -0.2) is 9.37 Å². The smallest absolute Gasteiger partial charge is 0.153 e. The van der Waals surface area contributed by atoms with Crippen molar-refractivity contribution >= 4 is 11.0 Å². The summed E-state index contributed by atoms with van der Waals surface area (Å²) in [5.41, 5.74) is 1.26. The molecule has 0 aliphatic heterocycles. The van der Waals surface area contributed by atoms with Gasteiger partial charge in [0.05, 0.1) is 11.1 Å². The number of H-pyrrole nitrogens is 1. The van der Waals surface area contributed by atoms with Crippen LogP contribution in [0, 0.1) is 5.82 Å². The van der Waals surface area contributed by atoms with E-state index in [0.717, 1.165) is 0 Å². The van der Waals surface area contributed by atoms with E-state index in [1.54, 1.807) is 18.3 Å². The van der Waals surface area contributed by atoms with Gasteiger partial charge in [-0.3, -0.25) is 0 Å². The molecule has 3 heteroatoms. The summed E-state index contributed by atoms with van der Waals surface area (Å²) in [6.07, 6.45) is 1.66. The van der Waals surface area contributed by atoms with Gasteiger partial charge >= 0.3 is 0 Å². The van der Waals surface area contributed by atoms with Gasteiger partial charge in [0.1, 0.15) is 5.65 Å². The van der Waals surface area contributed by atoms with Gasteiger partial charge in [-0.1, -0.05) is 13.8 Å². The molecule has 0 unspecified atom stereocenters. The molecule has 2 aromatic heterocycles. The van der Waals surface area contributed by atoms with Gasteiger partial charge in [-0.05, 0) is 18.1 Å². The molecule has 0 fully saturated rings. The summed E-state index contributed by atoms with van der Waals surface area (Å²) >= 11 is 0. The van der Waals surface area contributed by atoms with Gasteiger partial charge in [0.2, 0.25) is 0 Å². The van der Waals surface area contributed by atoms with Crippen LogP contribution in [0.3, 0.4) is 0 Å². The zero-order valence-corrected chi connectivity index (χ0v) is 7.63. The first-order valence-electron chi connectivity index (χ1n) is 4.32. The molecule has 68 valence electrons. The third-order valence-corrected chi connectivity index (χ3v) is 2.11. The Labute approximate surface area is 75.8 Å². The topological polar surface area (TPSA) is 28.7 Å². The second kappa shape index (κ2) is 2.83. The van der Waals surface area contributed by atoms with Crippen molar-refractivity contribution < 1.29 is 4.39 Å². The molecule has 2 nitrogen and oxygen atoms in total. The van der Waals surface area contributed by atoms with Crippen molar-refractivity contribution in [2.45, 2.75) is 19.8 Å². The van der Waals surface area contributed by atoms with Crippen LogP contribution in [0.25, 0.3) is 11.0 Å². The molecule has 0 atom stereocenters. The predicted octanol–water partition coefficient (Wildman–Crippen LogP) is 2.83. The minimum absolute atomic E-state index is 0.161. The average Bonchev–Trinajstić information content (AvgIpc) is 2.45. The minimum atomic E-state index is -0.168. The molecule has 0 radical (unpaired) electrons. The molecule has 0 saturated carbocycles. The highest BCUT2D eigenvalue weighted by molar-refractivity contribution is 5.77. The summed E-state index contributed by atoms with van der Waals surface area (Å²) in [6, 6.07) is 3.48. The van der Waals surface area contributed by atoms with E-state index in [9.17, 15) is 4.39 Å². The second-order valence-corrected chi connectivity index (χ2v) is 3.41. The van der Waals surface area contributed by atoms with Gasteiger partial charge in [0.15, 0.2) is 5.82 Å². The van der Waals surface area contributed by atoms with Crippen molar-refractivity contribution in [1.29, 1.82) is 0 Å². The van der Waals surface area contributed by atoms with E-state index in [1.807, 2.05) is 13.8 Å². The fourth-order valence-electron chi connectivity index (χ4n) is 1.41. The molecule has 0 aliphatic rings. The Morgan fingerprint density at radius 1 is 1.46 bits per heavy atom. The monoisotopic (exact) mass is 178 g/mol. The van der Waals surface area contributed by atoms with Crippen LogP contribution in [0.4, 0.5) is 4.39 Å². The number of fused-ring (bicyclic) bond motifs is 1. The molecule has 2 rings (SSSR count). The zero-order valence-electron chi connectivity index (χ0n) is 7.63. The van der Waals surface area contributed by atoms with Gasteiger partial charge in [0.25, 0.3) is 0 Å². The van der Waals surface area contributed by atoms with Gasteiger partial charge in [-0.15, -0.1) is 0 Å². The second-order valence-electron chi connectivity index (χ2n) is 3.41. The Balaban J connectivity index is 2.74. The summed E-state index contributed by atoms with van der Waals surface area (Å²) in [7, 11) is 0. The van der Waals surface area contributed by atoms with Gasteiger partial charge in [-0.2, -0.15) is 0 Å². The molecule has 0 saturated heterocycles. The molecule has 0 aliphatic carbocycles. The number of nitrogens with zero attached hydrogens (tertiary/aromatic N) is 1. The molecule has 2 heterocycles. The number of pyridine rings is 1. The van der Waals surface area contributed by atoms with E-state index in [2.05, 4.69) is 9.97 Å². The molecule has 0 spiro atoms. The Kier molecular flexibility index (Phi) is 1.79. The van der Waals surface area contributed by atoms with Crippen LogP contribution in [0.5, 0.6) is 0 Å². The van der Waals surface area contributed by atoms with Crippen molar-refractivity contribution in [3.05, 3.63) is 29.8 Å². The third-order valence-electron chi connectivity index (χ3n) is 2.11. The Morgan fingerprint density at radius 3 is 2.85 bits per heavy atom. The first kappa shape index (κ1) is 8.23. The van der Waals surface area contributed by atoms with Gasteiger partial charge < -0.3 is 4.98 Å². The number of aromatic nitrogens is 2. The first-order valence-corrected chi connectivity index (χ1v) is 4.32. The lowest BCUT2D eigenvalue weighted by Gasteiger charge is -1.99. The average molecular weight is 178 g/mol. The number of halogens is 1. The summed E-state index contributed by atoms with van der Waals surface area (Å²) in [5.74, 6) is -0.00713. The molecular weight excluding hydrogens is 167 g/mol. The number of hydrogen-bond acceptors (Lipinski definition) is 1. The number of rotatable bonds is 1. The largest absolute Gasteiger partial charge is 0.340 e. The highest BCUT2D eigenvalue weighted by Gasteiger charge is 2.13. The van der Waals surface area contributed by atoms with E-state index in [4.69, 9.17) is 0 Å². The van der Waals surface area contributed by atoms with Crippen molar-refractivity contribution in [3.63, 3.8) is 0 Å². The van der Waals surface area contributed by atoms with E-state index in [0.29, 0.717) is 16.7 Å². The van der Waals surface area contributed by atoms with Crippen molar-refractivity contribution in [2.24, 2.45) is 0 Å². The van der Waals surface area contributed by atoms with Crippen molar-refractivity contribution in [2.75, 3.05) is 0 Å². The molecule has 13 heavy (non-hydrogen) atoms. The van der Waals surface area contributed by atoms with Crippen LogP contribution < -0.4 is 0 Å². The Morgan fingerprint density at radius 2 is 2.23 bits per heavy atom. The lowest BCUT2D eigenvalue weighted by atomic mass is 10.1. The highest BCUT2D eigenvalue weighted by atomic mass is 19.1. The van der Waals surface area contributed by atoms with Crippen LogP contribution in [-0.4, -0.2) is 9.97 Å². The van der Waals surface area contributed by atoms with E-state index < -0.39 is 0 Å². The zero-order chi connectivity index (χ0) is 9.42. The van der Waals surface area contributed by atoms with Gasteiger partial charge in [0, 0.05) is 6.20 Å². The Hall–Kier alpha value is -1.38. The number of hydrogen-bond donors (Lipinski definition) is 1. The van der Waals surface area contributed by atoms with Crippen molar-refractivity contribution in [1.82, 2.24) is 9.97 Å². The van der Waals surface area contributed by atoms with Crippen molar-refractivity contribution in [3.8, 4) is 0 Å². The lowest BCUT2D eigenvalue weighted by Crippen LogP contribution is -1.89. The quantitative estimate of drug-likeness (QED) is 0.714. The first-order chi connectivity index (χ1) is 6.20. The molecule has 1 N–H and O–H groups in total. The molecule has 2 aromatic rings. The Bertz CT molecular complexity index is 431. The normalized spacial score (nSPS) is 11.4. The fourth-order valence-corrected chi connectivity index (χ4v) is 1.41. The van der Waals surface area contributed by atoms with E-state index in [1.165, 1.54) is 0 Å².